The number of hydrogen-bond acceptors (Lipinski definition) is 4. The normalized spacial score (nSPS) is 12.1. The molecule has 0 heterocycles. The number of amides is 2. The molecule has 0 saturated carbocycles. The van der Waals surface area contributed by atoms with Gasteiger partial charge in [-0.15, -0.1) is 0 Å². The van der Waals surface area contributed by atoms with Crippen LogP contribution in [0.15, 0.2) is 17.0 Å². The van der Waals surface area contributed by atoms with Gasteiger partial charge in [0.15, 0.2) is 0 Å². The summed E-state index contributed by atoms with van der Waals surface area (Å²) in [5.74, 6) is 0. The number of rotatable bonds is 2. The minimum Gasteiger partial charge on any atom is -0.398 e. The van der Waals surface area contributed by atoms with E-state index < -0.39 is 21.6 Å². The van der Waals surface area contributed by atoms with Crippen molar-refractivity contribution < 1.29 is 13.2 Å². The molecule has 0 bridgehead atoms. The van der Waals surface area contributed by atoms with E-state index in [0.29, 0.717) is 16.8 Å². The lowest BCUT2D eigenvalue weighted by Crippen LogP contribution is -2.48. The van der Waals surface area contributed by atoms with Gasteiger partial charge in [-0.2, -0.15) is 0 Å². The monoisotopic (exact) mass is 299 g/mol. The van der Waals surface area contributed by atoms with E-state index in [1.807, 2.05) is 4.72 Å². The average molecular weight is 299 g/mol. The molecule has 0 unspecified atom stereocenters. The van der Waals surface area contributed by atoms with Crippen molar-refractivity contribution in [3.63, 3.8) is 0 Å². The quantitative estimate of drug-likeness (QED) is 0.723. The first-order valence-corrected chi connectivity index (χ1v) is 7.63. The van der Waals surface area contributed by atoms with Gasteiger partial charge in [0.05, 0.1) is 4.90 Å². The van der Waals surface area contributed by atoms with Crippen molar-refractivity contribution in [1.82, 2.24) is 10.0 Å². The molecule has 20 heavy (non-hydrogen) atoms. The van der Waals surface area contributed by atoms with Crippen molar-refractivity contribution in [2.45, 2.75) is 45.1 Å². The lowest BCUT2D eigenvalue weighted by molar-refractivity contribution is 0.237. The Balaban J connectivity index is 3.13. The fraction of sp³-hybridized carbons (Fsp3) is 0.462. The summed E-state index contributed by atoms with van der Waals surface area (Å²) in [6.07, 6.45) is 0. The molecule has 0 aliphatic carbocycles. The highest BCUT2D eigenvalue weighted by Gasteiger charge is 2.24. The first kappa shape index (κ1) is 16.3. The molecule has 0 aliphatic heterocycles. The number of anilines is 1. The molecule has 0 spiro atoms. The molecule has 1 aromatic rings. The Bertz CT molecular complexity index is 631. The summed E-state index contributed by atoms with van der Waals surface area (Å²) in [6.45, 7) is 8.55. The second-order valence-corrected chi connectivity index (χ2v) is 7.35. The Morgan fingerprint density at radius 3 is 2.25 bits per heavy atom. The Labute approximate surface area is 119 Å². The van der Waals surface area contributed by atoms with Gasteiger partial charge in [0.25, 0.3) is 10.0 Å². The van der Waals surface area contributed by atoms with Gasteiger partial charge in [0, 0.05) is 11.2 Å². The van der Waals surface area contributed by atoms with E-state index in [1.165, 1.54) is 0 Å². The third kappa shape index (κ3) is 3.86. The predicted molar refractivity (Wildman–Crippen MR) is 78.9 cm³/mol. The van der Waals surface area contributed by atoms with Crippen LogP contribution in [0.25, 0.3) is 0 Å². The maximum absolute atomic E-state index is 12.3. The van der Waals surface area contributed by atoms with Crippen LogP contribution in [0.4, 0.5) is 10.5 Å². The third-order valence-corrected chi connectivity index (χ3v) is 4.25. The fourth-order valence-electron chi connectivity index (χ4n) is 1.79. The molecular formula is C13H21N3O3S. The first-order valence-electron chi connectivity index (χ1n) is 6.15. The van der Waals surface area contributed by atoms with Crippen LogP contribution >= 0.6 is 0 Å². The van der Waals surface area contributed by atoms with Crippen LogP contribution in [-0.2, 0) is 10.0 Å². The number of aryl methyl sites for hydroxylation is 1. The summed E-state index contributed by atoms with van der Waals surface area (Å²) >= 11 is 0. The molecule has 1 rings (SSSR count). The molecule has 1 aromatic carbocycles. The Hall–Kier alpha value is -1.76. The minimum atomic E-state index is -3.96. The molecular weight excluding hydrogens is 278 g/mol. The van der Waals surface area contributed by atoms with Crippen LogP contribution in [0, 0.1) is 13.8 Å². The summed E-state index contributed by atoms with van der Waals surface area (Å²) in [7, 11) is -3.96. The summed E-state index contributed by atoms with van der Waals surface area (Å²) in [6, 6.07) is 2.48. The van der Waals surface area contributed by atoms with Gasteiger partial charge in [-0.05, 0) is 51.8 Å². The van der Waals surface area contributed by atoms with Gasteiger partial charge in [-0.25, -0.2) is 17.9 Å². The number of nitrogens with one attached hydrogen (secondary N) is 2. The Morgan fingerprint density at radius 2 is 1.75 bits per heavy atom. The molecule has 0 fully saturated rings. The maximum atomic E-state index is 12.3. The average Bonchev–Trinajstić information content (AvgIpc) is 2.19. The van der Waals surface area contributed by atoms with E-state index in [1.54, 1.807) is 46.8 Å². The number of carbonyl (C=O) groups is 1. The predicted octanol–water partition coefficient (Wildman–Crippen LogP) is 1.67. The number of benzene rings is 1. The standard InChI is InChI=1S/C13H21N3O3S/c1-8-6-7-10(14)9(2)11(8)20(18,19)16-12(17)15-13(3,4)5/h6-7H,14H2,1-5H3,(H2,15,16,17). The van der Waals surface area contributed by atoms with E-state index in [0.717, 1.165) is 0 Å². The third-order valence-electron chi connectivity index (χ3n) is 2.63. The number of sulfonamides is 1. The van der Waals surface area contributed by atoms with Gasteiger partial charge in [-0.3, -0.25) is 0 Å². The summed E-state index contributed by atoms with van der Waals surface area (Å²) in [5.41, 5.74) is 6.53. The molecule has 0 aromatic heterocycles. The summed E-state index contributed by atoms with van der Waals surface area (Å²) < 4.78 is 26.6. The van der Waals surface area contributed by atoms with E-state index >= 15 is 0 Å². The second kappa shape index (κ2) is 5.32. The summed E-state index contributed by atoms with van der Waals surface area (Å²) in [5, 5.41) is 2.54. The van der Waals surface area contributed by atoms with E-state index in [4.69, 9.17) is 5.73 Å². The van der Waals surface area contributed by atoms with Gasteiger partial charge < -0.3 is 11.1 Å². The lowest BCUT2D eigenvalue weighted by Gasteiger charge is -2.21. The van der Waals surface area contributed by atoms with Gasteiger partial charge in [-0.1, -0.05) is 6.07 Å². The number of nitrogens with two attached hydrogens (primary N) is 1. The second-order valence-electron chi connectivity index (χ2n) is 5.74. The largest absolute Gasteiger partial charge is 0.398 e. The Morgan fingerprint density at radius 1 is 1.20 bits per heavy atom. The van der Waals surface area contributed by atoms with Crippen molar-refractivity contribution in [1.29, 1.82) is 0 Å². The topological polar surface area (TPSA) is 101 Å². The van der Waals surface area contributed by atoms with Gasteiger partial charge in [0.2, 0.25) is 0 Å². The van der Waals surface area contributed by atoms with Crippen LogP contribution in [-0.4, -0.2) is 20.0 Å². The first-order chi connectivity index (χ1) is 8.94. The molecule has 4 N–H and O–H groups in total. The Kier molecular flexibility index (Phi) is 4.33. The highest BCUT2D eigenvalue weighted by Crippen LogP contribution is 2.24. The summed E-state index contributed by atoms with van der Waals surface area (Å²) in [4.78, 5) is 11.8. The molecule has 0 radical (unpaired) electrons. The fourth-order valence-corrected chi connectivity index (χ4v) is 3.21. The van der Waals surface area contributed by atoms with E-state index in [9.17, 15) is 13.2 Å². The molecule has 6 nitrogen and oxygen atoms in total. The van der Waals surface area contributed by atoms with Crippen molar-refractivity contribution in [2.75, 3.05) is 5.73 Å². The molecule has 7 heteroatoms. The lowest BCUT2D eigenvalue weighted by atomic mass is 10.1. The van der Waals surface area contributed by atoms with Crippen molar-refractivity contribution in [3.8, 4) is 0 Å². The van der Waals surface area contributed by atoms with Crippen LogP contribution < -0.4 is 15.8 Å². The van der Waals surface area contributed by atoms with E-state index in [2.05, 4.69) is 5.32 Å². The smallest absolute Gasteiger partial charge is 0.329 e. The van der Waals surface area contributed by atoms with Crippen LogP contribution in [0.3, 0.4) is 0 Å². The van der Waals surface area contributed by atoms with Gasteiger partial charge in [0.1, 0.15) is 0 Å². The molecule has 0 saturated heterocycles. The maximum Gasteiger partial charge on any atom is 0.329 e. The van der Waals surface area contributed by atoms with Crippen LogP contribution in [0.5, 0.6) is 0 Å². The number of urea groups is 1. The van der Waals surface area contributed by atoms with Crippen molar-refractivity contribution in [2.24, 2.45) is 0 Å². The zero-order chi connectivity index (χ0) is 15.7. The number of nitrogen functional groups attached to an aromatic ring is 1. The SMILES string of the molecule is Cc1ccc(N)c(C)c1S(=O)(=O)NC(=O)NC(C)(C)C. The number of carbonyl (C=O) groups excluding carboxylic acids is 1. The van der Waals surface area contributed by atoms with Crippen LogP contribution in [0.1, 0.15) is 31.9 Å². The van der Waals surface area contributed by atoms with Gasteiger partial charge >= 0.3 is 6.03 Å². The minimum absolute atomic E-state index is 0.0431. The molecule has 112 valence electrons. The van der Waals surface area contributed by atoms with E-state index in [-0.39, 0.29) is 4.90 Å². The molecule has 0 atom stereocenters. The number of hydrogen-bond donors (Lipinski definition) is 3. The highest BCUT2D eigenvalue weighted by molar-refractivity contribution is 7.90. The van der Waals surface area contributed by atoms with Crippen LogP contribution in [0.2, 0.25) is 0 Å². The molecule has 0 aliphatic rings. The van der Waals surface area contributed by atoms with Crippen molar-refractivity contribution >= 4 is 21.7 Å². The zero-order valence-corrected chi connectivity index (χ0v) is 13.2. The van der Waals surface area contributed by atoms with Crippen molar-refractivity contribution in [3.05, 3.63) is 23.3 Å². The highest BCUT2D eigenvalue weighted by atomic mass is 32.2. The zero-order valence-electron chi connectivity index (χ0n) is 12.4. The molecule has 2 amide bonds.